The fourth-order valence-corrected chi connectivity index (χ4v) is 2.28. The Morgan fingerprint density at radius 1 is 1.44 bits per heavy atom. The van der Waals surface area contributed by atoms with Crippen molar-refractivity contribution in [1.29, 1.82) is 0 Å². The Morgan fingerprint density at radius 2 is 2.38 bits per heavy atom. The summed E-state index contributed by atoms with van der Waals surface area (Å²) in [5.74, 6) is 0.804. The number of rotatable bonds is 1. The summed E-state index contributed by atoms with van der Waals surface area (Å²) in [6.45, 7) is 0.823. The summed E-state index contributed by atoms with van der Waals surface area (Å²) in [7, 11) is 0. The molecule has 0 bridgehead atoms. The summed E-state index contributed by atoms with van der Waals surface area (Å²) in [6.07, 6.45) is 5.35. The molecule has 2 aromatic rings. The predicted octanol–water partition coefficient (Wildman–Crippen LogP) is 2.73. The van der Waals surface area contributed by atoms with E-state index >= 15 is 0 Å². The van der Waals surface area contributed by atoms with Crippen molar-refractivity contribution in [3.63, 3.8) is 0 Å². The molecule has 0 radical (unpaired) electrons. The third-order valence-corrected chi connectivity index (χ3v) is 3.28. The van der Waals surface area contributed by atoms with Crippen LogP contribution in [-0.4, -0.2) is 21.2 Å². The van der Waals surface area contributed by atoms with Crippen LogP contribution in [0.1, 0.15) is 31.2 Å². The Kier molecular flexibility index (Phi) is 2.65. The lowest BCUT2D eigenvalue weighted by atomic mass is 10.1. The zero-order valence-corrected chi connectivity index (χ0v) is 10.4. The van der Waals surface area contributed by atoms with Crippen LogP contribution in [0.5, 0.6) is 0 Å². The molecule has 0 amide bonds. The Balaban J connectivity index is 1.97. The number of pyridine rings is 1. The normalized spacial score (nSPS) is 21.4. The molecule has 4 nitrogen and oxygen atoms in total. The lowest BCUT2D eigenvalue weighted by Gasteiger charge is -2.19. The van der Waals surface area contributed by atoms with E-state index in [2.05, 4.69) is 26.0 Å². The van der Waals surface area contributed by atoms with Crippen LogP contribution < -0.4 is 0 Å². The van der Waals surface area contributed by atoms with Gasteiger partial charge in [0.05, 0.1) is 0 Å². The van der Waals surface area contributed by atoms with Gasteiger partial charge >= 0.3 is 0 Å². The molecule has 2 aromatic heterocycles. The van der Waals surface area contributed by atoms with Crippen LogP contribution >= 0.6 is 15.9 Å². The zero-order valence-electron chi connectivity index (χ0n) is 8.77. The van der Waals surface area contributed by atoms with E-state index in [-0.39, 0.29) is 6.10 Å². The van der Waals surface area contributed by atoms with E-state index in [1.165, 1.54) is 6.42 Å². The fraction of sp³-hybridized carbons (Fsp3) is 0.455. The van der Waals surface area contributed by atoms with Crippen LogP contribution in [-0.2, 0) is 4.74 Å². The molecule has 0 spiro atoms. The third kappa shape index (κ3) is 1.85. The van der Waals surface area contributed by atoms with Gasteiger partial charge in [-0.15, -0.1) is 5.10 Å². The van der Waals surface area contributed by atoms with Gasteiger partial charge < -0.3 is 4.74 Å². The molecule has 0 aliphatic carbocycles. The first-order valence-corrected chi connectivity index (χ1v) is 6.26. The Labute approximate surface area is 102 Å². The summed E-state index contributed by atoms with van der Waals surface area (Å²) in [5.41, 5.74) is 0.860. The van der Waals surface area contributed by atoms with Crippen molar-refractivity contribution in [2.45, 2.75) is 25.4 Å². The van der Waals surface area contributed by atoms with Crippen molar-refractivity contribution in [2.75, 3.05) is 6.61 Å². The van der Waals surface area contributed by atoms with Gasteiger partial charge in [0.2, 0.25) is 0 Å². The van der Waals surface area contributed by atoms with Crippen LogP contribution in [0.25, 0.3) is 5.65 Å². The van der Waals surface area contributed by atoms with Crippen molar-refractivity contribution in [3.05, 3.63) is 28.6 Å². The minimum Gasteiger partial charge on any atom is -0.370 e. The fourth-order valence-electron chi connectivity index (χ4n) is 1.95. The highest BCUT2D eigenvalue weighted by molar-refractivity contribution is 9.10. The number of halogens is 1. The molecule has 16 heavy (non-hydrogen) atoms. The second-order valence-corrected chi connectivity index (χ2v) is 4.89. The molecule has 0 saturated carbocycles. The van der Waals surface area contributed by atoms with E-state index in [0.29, 0.717) is 0 Å². The van der Waals surface area contributed by atoms with E-state index < -0.39 is 0 Å². The molecule has 1 aliphatic rings. The molecule has 1 unspecified atom stereocenters. The van der Waals surface area contributed by atoms with Gasteiger partial charge in [0.25, 0.3) is 0 Å². The quantitative estimate of drug-likeness (QED) is 0.807. The van der Waals surface area contributed by atoms with Crippen LogP contribution in [0.2, 0.25) is 0 Å². The first-order chi connectivity index (χ1) is 7.83. The van der Waals surface area contributed by atoms with Crippen LogP contribution in [0.3, 0.4) is 0 Å². The van der Waals surface area contributed by atoms with Gasteiger partial charge in [-0.25, -0.2) is 9.50 Å². The Morgan fingerprint density at radius 3 is 3.19 bits per heavy atom. The molecule has 84 valence electrons. The average molecular weight is 282 g/mol. The van der Waals surface area contributed by atoms with Crippen LogP contribution in [0, 0.1) is 0 Å². The lowest BCUT2D eigenvalue weighted by molar-refractivity contribution is 0.00962. The van der Waals surface area contributed by atoms with Gasteiger partial charge in [-0.2, -0.15) is 0 Å². The first kappa shape index (κ1) is 10.2. The molecular weight excluding hydrogens is 270 g/mol. The second kappa shape index (κ2) is 4.14. The topological polar surface area (TPSA) is 39.4 Å². The summed E-state index contributed by atoms with van der Waals surface area (Å²) >= 11 is 3.43. The highest BCUT2D eigenvalue weighted by Crippen LogP contribution is 2.26. The predicted molar refractivity (Wildman–Crippen MR) is 63.2 cm³/mol. The zero-order chi connectivity index (χ0) is 11.0. The van der Waals surface area contributed by atoms with Gasteiger partial charge in [0, 0.05) is 17.3 Å². The minimum atomic E-state index is 0.0763. The van der Waals surface area contributed by atoms with Crippen LogP contribution in [0.15, 0.2) is 22.8 Å². The van der Waals surface area contributed by atoms with E-state index in [4.69, 9.17) is 4.74 Å². The maximum atomic E-state index is 5.67. The molecular formula is C11H12BrN3O. The van der Waals surface area contributed by atoms with Crippen LogP contribution in [0.4, 0.5) is 0 Å². The number of hydrogen-bond donors (Lipinski definition) is 0. The molecule has 1 saturated heterocycles. The van der Waals surface area contributed by atoms with Gasteiger partial charge in [-0.1, -0.05) is 15.9 Å². The van der Waals surface area contributed by atoms with E-state index in [9.17, 15) is 0 Å². The first-order valence-electron chi connectivity index (χ1n) is 5.46. The van der Waals surface area contributed by atoms with Crippen molar-refractivity contribution in [3.8, 4) is 0 Å². The van der Waals surface area contributed by atoms with Gasteiger partial charge in [0.15, 0.2) is 11.5 Å². The summed E-state index contributed by atoms with van der Waals surface area (Å²) in [6, 6.07) is 3.91. The molecule has 3 heterocycles. The number of hydrogen-bond acceptors (Lipinski definition) is 3. The third-order valence-electron chi connectivity index (χ3n) is 2.78. The average Bonchev–Trinajstić information content (AvgIpc) is 2.73. The van der Waals surface area contributed by atoms with Gasteiger partial charge in [-0.05, 0) is 31.4 Å². The monoisotopic (exact) mass is 281 g/mol. The molecule has 0 aromatic carbocycles. The van der Waals surface area contributed by atoms with Crippen molar-refractivity contribution >= 4 is 21.6 Å². The summed E-state index contributed by atoms with van der Waals surface area (Å²) in [4.78, 5) is 4.49. The van der Waals surface area contributed by atoms with Crippen molar-refractivity contribution < 1.29 is 4.74 Å². The lowest BCUT2D eigenvalue weighted by Crippen LogP contribution is -2.12. The Hall–Kier alpha value is -0.940. The van der Waals surface area contributed by atoms with E-state index in [1.807, 2.05) is 18.3 Å². The number of fused-ring (bicyclic) bond motifs is 1. The second-order valence-electron chi connectivity index (χ2n) is 3.97. The molecule has 3 rings (SSSR count). The highest BCUT2D eigenvalue weighted by Gasteiger charge is 2.20. The molecule has 1 atom stereocenters. The largest absolute Gasteiger partial charge is 0.370 e. The number of ether oxygens (including phenoxy) is 1. The van der Waals surface area contributed by atoms with E-state index in [0.717, 1.165) is 35.4 Å². The van der Waals surface area contributed by atoms with Gasteiger partial charge in [-0.3, -0.25) is 0 Å². The van der Waals surface area contributed by atoms with Crippen molar-refractivity contribution in [2.24, 2.45) is 0 Å². The van der Waals surface area contributed by atoms with E-state index in [1.54, 1.807) is 4.52 Å². The maximum Gasteiger partial charge on any atom is 0.180 e. The SMILES string of the molecule is Brc1ccn2nc(C3CCCCO3)nc2c1. The molecule has 0 N–H and O–H groups in total. The molecule has 1 aliphatic heterocycles. The smallest absolute Gasteiger partial charge is 0.180 e. The minimum absolute atomic E-state index is 0.0763. The Bertz CT molecular complexity index is 505. The maximum absolute atomic E-state index is 5.67. The summed E-state index contributed by atoms with van der Waals surface area (Å²) in [5, 5.41) is 4.44. The standard InChI is InChI=1S/C11H12BrN3O/c12-8-4-5-15-10(7-8)13-11(14-15)9-3-1-2-6-16-9/h4-5,7,9H,1-3,6H2. The van der Waals surface area contributed by atoms with Crippen molar-refractivity contribution in [1.82, 2.24) is 14.6 Å². The highest BCUT2D eigenvalue weighted by atomic mass is 79.9. The molecule has 1 fully saturated rings. The summed E-state index contributed by atoms with van der Waals surface area (Å²) < 4.78 is 8.48. The molecule has 5 heteroatoms. The number of nitrogens with zero attached hydrogens (tertiary/aromatic N) is 3. The van der Waals surface area contributed by atoms with Gasteiger partial charge in [0.1, 0.15) is 6.10 Å². The number of aromatic nitrogens is 3.